The Morgan fingerprint density at radius 3 is 2.37 bits per heavy atom. The largest absolute Gasteiger partial charge is 0.316 e. The van der Waals surface area contributed by atoms with Crippen molar-refractivity contribution in [1.82, 2.24) is 5.32 Å². The van der Waals surface area contributed by atoms with Gasteiger partial charge in [-0.25, -0.2) is 4.39 Å². The van der Waals surface area contributed by atoms with Crippen LogP contribution in [0.3, 0.4) is 0 Å². The number of halogens is 2. The number of nitrogens with one attached hydrogen (secondary N) is 1. The minimum Gasteiger partial charge on any atom is -0.316 e. The van der Waals surface area contributed by atoms with Gasteiger partial charge in [-0.15, -0.1) is 0 Å². The summed E-state index contributed by atoms with van der Waals surface area (Å²) in [6.45, 7) is 0. The molecular formula is C16H17FIN. The van der Waals surface area contributed by atoms with Gasteiger partial charge in [0.1, 0.15) is 5.82 Å². The van der Waals surface area contributed by atoms with Crippen molar-refractivity contribution in [2.75, 3.05) is 7.05 Å². The molecule has 0 aliphatic carbocycles. The van der Waals surface area contributed by atoms with Crippen LogP contribution in [0.15, 0.2) is 48.5 Å². The molecule has 0 aliphatic rings. The van der Waals surface area contributed by atoms with Crippen molar-refractivity contribution >= 4 is 22.6 Å². The Morgan fingerprint density at radius 2 is 1.74 bits per heavy atom. The molecule has 1 nitrogen and oxygen atoms in total. The molecule has 3 heteroatoms. The number of hydrogen-bond acceptors (Lipinski definition) is 1. The van der Waals surface area contributed by atoms with Crippen LogP contribution < -0.4 is 5.32 Å². The number of rotatable bonds is 5. The summed E-state index contributed by atoms with van der Waals surface area (Å²) in [6, 6.07) is 15.7. The molecule has 100 valence electrons. The molecule has 0 saturated carbocycles. The summed E-state index contributed by atoms with van der Waals surface area (Å²) < 4.78 is 14.9. The molecule has 2 aromatic rings. The van der Waals surface area contributed by atoms with E-state index in [-0.39, 0.29) is 11.9 Å². The molecule has 19 heavy (non-hydrogen) atoms. The van der Waals surface area contributed by atoms with Crippen LogP contribution in [0.4, 0.5) is 4.39 Å². The molecule has 0 spiro atoms. The quantitative estimate of drug-likeness (QED) is 0.791. The van der Waals surface area contributed by atoms with Crippen molar-refractivity contribution in [1.29, 1.82) is 0 Å². The van der Waals surface area contributed by atoms with E-state index < -0.39 is 0 Å². The van der Waals surface area contributed by atoms with Gasteiger partial charge in [0.05, 0.1) is 0 Å². The molecular weight excluding hydrogens is 352 g/mol. The monoisotopic (exact) mass is 369 g/mol. The Bertz CT molecular complexity index is 525. The zero-order valence-corrected chi connectivity index (χ0v) is 13.0. The van der Waals surface area contributed by atoms with E-state index in [1.54, 1.807) is 6.07 Å². The lowest BCUT2D eigenvalue weighted by atomic mass is 9.99. The standard InChI is InChI=1S/C16H17FIN/c1-19-15(10-12-6-8-14(18)9-7-12)11-13-4-2-3-5-16(13)17/h2-9,15,19H,10-11H2,1H3. The van der Waals surface area contributed by atoms with E-state index in [0.29, 0.717) is 6.42 Å². The first-order valence-corrected chi connectivity index (χ1v) is 7.42. The molecule has 2 rings (SSSR count). The van der Waals surface area contributed by atoms with Crippen LogP contribution in [0, 0.1) is 9.39 Å². The third-order valence-electron chi connectivity index (χ3n) is 3.23. The predicted molar refractivity (Wildman–Crippen MR) is 85.8 cm³/mol. The fourth-order valence-electron chi connectivity index (χ4n) is 2.11. The highest BCUT2D eigenvalue weighted by Gasteiger charge is 2.11. The summed E-state index contributed by atoms with van der Waals surface area (Å²) in [4.78, 5) is 0. The van der Waals surface area contributed by atoms with Crippen LogP contribution in [-0.4, -0.2) is 13.1 Å². The highest BCUT2D eigenvalue weighted by atomic mass is 127. The van der Waals surface area contributed by atoms with E-state index in [9.17, 15) is 4.39 Å². The number of hydrogen-bond donors (Lipinski definition) is 1. The van der Waals surface area contributed by atoms with Crippen molar-refractivity contribution in [3.8, 4) is 0 Å². The Hall–Kier alpha value is -0.940. The lowest BCUT2D eigenvalue weighted by Crippen LogP contribution is -2.30. The average Bonchev–Trinajstić information content (AvgIpc) is 2.43. The van der Waals surface area contributed by atoms with Gasteiger partial charge in [-0.1, -0.05) is 30.3 Å². The van der Waals surface area contributed by atoms with Crippen LogP contribution >= 0.6 is 22.6 Å². The average molecular weight is 369 g/mol. The van der Waals surface area contributed by atoms with Crippen molar-refractivity contribution in [2.24, 2.45) is 0 Å². The minimum atomic E-state index is -0.120. The molecule has 2 aromatic carbocycles. The maximum Gasteiger partial charge on any atom is 0.126 e. The Labute approximate surface area is 127 Å². The van der Waals surface area contributed by atoms with Gasteiger partial charge in [0.25, 0.3) is 0 Å². The predicted octanol–water partition coefficient (Wildman–Crippen LogP) is 3.80. The first-order valence-electron chi connectivity index (χ1n) is 6.34. The van der Waals surface area contributed by atoms with Crippen LogP contribution in [0.5, 0.6) is 0 Å². The van der Waals surface area contributed by atoms with Gasteiger partial charge in [0.15, 0.2) is 0 Å². The van der Waals surface area contributed by atoms with Crippen LogP contribution in [-0.2, 0) is 12.8 Å². The minimum absolute atomic E-state index is 0.120. The molecule has 0 radical (unpaired) electrons. The van der Waals surface area contributed by atoms with Crippen molar-refractivity contribution in [3.05, 3.63) is 69.0 Å². The van der Waals surface area contributed by atoms with E-state index in [4.69, 9.17) is 0 Å². The van der Waals surface area contributed by atoms with E-state index in [0.717, 1.165) is 12.0 Å². The summed E-state index contributed by atoms with van der Waals surface area (Å²) >= 11 is 2.30. The summed E-state index contributed by atoms with van der Waals surface area (Å²) in [7, 11) is 1.93. The smallest absolute Gasteiger partial charge is 0.126 e. The van der Waals surface area contributed by atoms with E-state index in [1.807, 2.05) is 19.2 Å². The molecule has 0 heterocycles. The molecule has 1 atom stereocenters. The van der Waals surface area contributed by atoms with Gasteiger partial charge < -0.3 is 5.32 Å². The van der Waals surface area contributed by atoms with Gasteiger partial charge in [0, 0.05) is 9.61 Å². The third-order valence-corrected chi connectivity index (χ3v) is 3.95. The third kappa shape index (κ3) is 4.28. The molecule has 0 aromatic heterocycles. The first kappa shape index (κ1) is 14.5. The van der Waals surface area contributed by atoms with Crippen LogP contribution in [0.1, 0.15) is 11.1 Å². The Morgan fingerprint density at radius 1 is 1.05 bits per heavy atom. The normalized spacial score (nSPS) is 12.4. The van der Waals surface area contributed by atoms with Gasteiger partial charge in [-0.05, 0) is 71.8 Å². The summed E-state index contributed by atoms with van der Waals surface area (Å²) in [5.41, 5.74) is 2.04. The highest BCUT2D eigenvalue weighted by molar-refractivity contribution is 14.1. The van der Waals surface area contributed by atoms with Crippen molar-refractivity contribution in [3.63, 3.8) is 0 Å². The van der Waals surface area contributed by atoms with Crippen molar-refractivity contribution in [2.45, 2.75) is 18.9 Å². The van der Waals surface area contributed by atoms with Gasteiger partial charge >= 0.3 is 0 Å². The maximum atomic E-state index is 13.6. The first-order chi connectivity index (χ1) is 9.19. The lowest BCUT2D eigenvalue weighted by Gasteiger charge is -2.17. The highest BCUT2D eigenvalue weighted by Crippen LogP contribution is 2.13. The van der Waals surface area contributed by atoms with Gasteiger partial charge in [0.2, 0.25) is 0 Å². The van der Waals surface area contributed by atoms with Gasteiger partial charge in [-0.2, -0.15) is 0 Å². The molecule has 0 saturated heterocycles. The Kier molecular flexibility index (Phi) is 5.34. The van der Waals surface area contributed by atoms with Crippen LogP contribution in [0.2, 0.25) is 0 Å². The second-order valence-electron chi connectivity index (χ2n) is 4.61. The molecule has 0 amide bonds. The molecule has 0 aliphatic heterocycles. The topological polar surface area (TPSA) is 12.0 Å². The number of benzene rings is 2. The zero-order chi connectivity index (χ0) is 13.7. The fraction of sp³-hybridized carbons (Fsp3) is 0.250. The van der Waals surface area contributed by atoms with E-state index >= 15 is 0 Å². The second kappa shape index (κ2) is 7.01. The fourth-order valence-corrected chi connectivity index (χ4v) is 2.47. The van der Waals surface area contributed by atoms with E-state index in [1.165, 1.54) is 15.2 Å². The molecule has 1 N–H and O–H groups in total. The summed E-state index contributed by atoms with van der Waals surface area (Å²) in [6.07, 6.45) is 1.61. The second-order valence-corrected chi connectivity index (χ2v) is 5.86. The summed E-state index contributed by atoms with van der Waals surface area (Å²) in [5, 5.41) is 3.27. The zero-order valence-electron chi connectivity index (χ0n) is 10.9. The SMILES string of the molecule is CNC(Cc1ccc(I)cc1)Cc1ccccc1F. The summed E-state index contributed by atoms with van der Waals surface area (Å²) in [5.74, 6) is -0.120. The number of likely N-dealkylation sites (N-methyl/N-ethyl adjacent to an activating group) is 1. The van der Waals surface area contributed by atoms with Crippen LogP contribution in [0.25, 0.3) is 0 Å². The Balaban J connectivity index is 2.05. The maximum absolute atomic E-state index is 13.6. The molecule has 1 unspecified atom stereocenters. The van der Waals surface area contributed by atoms with Crippen molar-refractivity contribution < 1.29 is 4.39 Å². The van der Waals surface area contributed by atoms with E-state index in [2.05, 4.69) is 52.2 Å². The molecule has 0 bridgehead atoms. The molecule has 0 fully saturated rings. The van der Waals surface area contributed by atoms with Gasteiger partial charge in [-0.3, -0.25) is 0 Å². The lowest BCUT2D eigenvalue weighted by molar-refractivity contribution is 0.532.